The van der Waals surface area contributed by atoms with Crippen molar-refractivity contribution in [3.8, 4) is 0 Å². The summed E-state index contributed by atoms with van der Waals surface area (Å²) in [5, 5.41) is 11.6. The lowest BCUT2D eigenvalue weighted by Crippen LogP contribution is -2.36. The standard InChI is InChI=1S/C16H23NO5/c1-16(2,3)22-13(14(18)19)9-10-17-15(20)21-11-12-7-5-4-6-8-12/h4-8,13H,9-11H2,1-3H3,(H,17,20)(H,18,19)/t13-/m1/s1. The zero-order chi connectivity index (χ0) is 16.6. The molecule has 22 heavy (non-hydrogen) atoms. The molecule has 0 heterocycles. The fourth-order valence-electron chi connectivity index (χ4n) is 1.74. The number of carboxylic acids is 1. The molecule has 1 rings (SSSR count). The Morgan fingerprint density at radius 2 is 1.86 bits per heavy atom. The molecule has 1 amide bonds. The minimum Gasteiger partial charge on any atom is -0.479 e. The predicted molar refractivity (Wildman–Crippen MR) is 81.5 cm³/mol. The van der Waals surface area contributed by atoms with Crippen LogP contribution in [0, 0.1) is 0 Å². The first-order valence-electron chi connectivity index (χ1n) is 7.13. The number of ether oxygens (including phenoxy) is 2. The van der Waals surface area contributed by atoms with Crippen LogP contribution in [0.2, 0.25) is 0 Å². The fourth-order valence-corrected chi connectivity index (χ4v) is 1.74. The van der Waals surface area contributed by atoms with E-state index in [0.717, 1.165) is 5.56 Å². The maximum absolute atomic E-state index is 11.5. The molecule has 0 aromatic heterocycles. The van der Waals surface area contributed by atoms with Crippen LogP contribution in [0.25, 0.3) is 0 Å². The number of carbonyl (C=O) groups is 2. The summed E-state index contributed by atoms with van der Waals surface area (Å²) in [6.07, 6.45) is -1.37. The van der Waals surface area contributed by atoms with Crippen LogP contribution in [0.5, 0.6) is 0 Å². The second kappa shape index (κ2) is 8.38. The quantitative estimate of drug-likeness (QED) is 0.808. The SMILES string of the molecule is CC(C)(C)O[C@H](CCNC(=O)OCc1ccccc1)C(=O)O. The molecule has 0 bridgehead atoms. The van der Waals surface area contributed by atoms with Crippen molar-refractivity contribution < 1.29 is 24.2 Å². The Morgan fingerprint density at radius 3 is 2.41 bits per heavy atom. The van der Waals surface area contributed by atoms with E-state index in [-0.39, 0.29) is 19.6 Å². The molecule has 6 nitrogen and oxygen atoms in total. The third-order valence-corrected chi connectivity index (χ3v) is 2.66. The number of rotatable bonds is 7. The smallest absolute Gasteiger partial charge is 0.407 e. The number of benzene rings is 1. The van der Waals surface area contributed by atoms with E-state index in [1.165, 1.54) is 0 Å². The van der Waals surface area contributed by atoms with E-state index >= 15 is 0 Å². The lowest BCUT2D eigenvalue weighted by atomic mass is 10.1. The lowest BCUT2D eigenvalue weighted by molar-refractivity contribution is -0.160. The molecule has 1 aromatic carbocycles. The van der Waals surface area contributed by atoms with Crippen LogP contribution < -0.4 is 5.32 Å². The van der Waals surface area contributed by atoms with Gasteiger partial charge < -0.3 is 19.9 Å². The molecule has 0 aliphatic carbocycles. The third kappa shape index (κ3) is 7.64. The fraction of sp³-hybridized carbons (Fsp3) is 0.500. The summed E-state index contributed by atoms with van der Waals surface area (Å²) in [7, 11) is 0. The number of nitrogens with one attached hydrogen (secondary N) is 1. The summed E-state index contributed by atoms with van der Waals surface area (Å²) in [5.41, 5.74) is 0.328. The summed E-state index contributed by atoms with van der Waals surface area (Å²) in [6, 6.07) is 9.30. The number of amides is 1. The molecule has 122 valence electrons. The Hall–Kier alpha value is -2.08. The van der Waals surface area contributed by atoms with Gasteiger partial charge in [-0.2, -0.15) is 0 Å². The maximum atomic E-state index is 11.5. The largest absolute Gasteiger partial charge is 0.479 e. The Morgan fingerprint density at radius 1 is 1.23 bits per heavy atom. The van der Waals surface area contributed by atoms with Gasteiger partial charge >= 0.3 is 12.1 Å². The summed E-state index contributed by atoms with van der Waals surface area (Å²) < 4.78 is 10.5. The van der Waals surface area contributed by atoms with E-state index in [1.54, 1.807) is 20.8 Å². The molecule has 0 unspecified atom stereocenters. The third-order valence-electron chi connectivity index (χ3n) is 2.66. The highest BCUT2D eigenvalue weighted by atomic mass is 16.5. The average Bonchev–Trinajstić information content (AvgIpc) is 2.44. The van der Waals surface area contributed by atoms with Gasteiger partial charge in [-0.05, 0) is 26.3 Å². The molecule has 0 saturated carbocycles. The minimum atomic E-state index is -1.05. The van der Waals surface area contributed by atoms with E-state index < -0.39 is 23.8 Å². The van der Waals surface area contributed by atoms with Crippen LogP contribution >= 0.6 is 0 Å². The van der Waals surface area contributed by atoms with Crippen LogP contribution in [0.1, 0.15) is 32.8 Å². The number of carbonyl (C=O) groups excluding carboxylic acids is 1. The lowest BCUT2D eigenvalue weighted by Gasteiger charge is -2.24. The first-order valence-corrected chi connectivity index (χ1v) is 7.13. The van der Waals surface area contributed by atoms with Crippen molar-refractivity contribution >= 4 is 12.1 Å². The van der Waals surface area contributed by atoms with Crippen molar-refractivity contribution in [2.24, 2.45) is 0 Å². The molecule has 0 fully saturated rings. The predicted octanol–water partition coefficient (Wildman–Crippen LogP) is 2.57. The Bertz CT molecular complexity index is 481. The van der Waals surface area contributed by atoms with E-state index in [9.17, 15) is 9.59 Å². The zero-order valence-electron chi connectivity index (χ0n) is 13.2. The molecule has 0 spiro atoms. The second-order valence-corrected chi connectivity index (χ2v) is 5.83. The number of aliphatic carboxylic acids is 1. The van der Waals surface area contributed by atoms with Crippen LogP contribution in [-0.2, 0) is 20.9 Å². The van der Waals surface area contributed by atoms with E-state index in [4.69, 9.17) is 14.6 Å². The normalized spacial score (nSPS) is 12.5. The molecule has 0 radical (unpaired) electrons. The first-order chi connectivity index (χ1) is 10.3. The van der Waals surface area contributed by atoms with Crippen molar-refractivity contribution in [1.82, 2.24) is 5.32 Å². The van der Waals surface area contributed by atoms with Gasteiger partial charge in [0.15, 0.2) is 6.10 Å². The summed E-state index contributed by atoms with van der Waals surface area (Å²) >= 11 is 0. The number of carboxylic acid groups (broad SMARTS) is 1. The van der Waals surface area contributed by atoms with Crippen molar-refractivity contribution in [3.63, 3.8) is 0 Å². The van der Waals surface area contributed by atoms with Gasteiger partial charge in [-0.15, -0.1) is 0 Å². The van der Waals surface area contributed by atoms with Gasteiger partial charge in [0.25, 0.3) is 0 Å². The molecular weight excluding hydrogens is 286 g/mol. The van der Waals surface area contributed by atoms with E-state index in [2.05, 4.69) is 5.32 Å². The van der Waals surface area contributed by atoms with Crippen molar-refractivity contribution in [2.45, 2.75) is 45.5 Å². The monoisotopic (exact) mass is 309 g/mol. The van der Waals surface area contributed by atoms with Gasteiger partial charge in [-0.3, -0.25) is 0 Å². The highest BCUT2D eigenvalue weighted by Gasteiger charge is 2.24. The van der Waals surface area contributed by atoms with Crippen LogP contribution in [0.3, 0.4) is 0 Å². The van der Waals surface area contributed by atoms with Crippen LogP contribution in [0.4, 0.5) is 4.79 Å². The molecule has 2 N–H and O–H groups in total. The summed E-state index contributed by atoms with van der Waals surface area (Å²) in [5.74, 6) is -1.05. The topological polar surface area (TPSA) is 84.9 Å². The molecule has 1 atom stereocenters. The number of alkyl carbamates (subject to hydrolysis) is 1. The van der Waals surface area contributed by atoms with Gasteiger partial charge in [-0.1, -0.05) is 30.3 Å². The molecule has 0 saturated heterocycles. The maximum Gasteiger partial charge on any atom is 0.407 e. The summed E-state index contributed by atoms with van der Waals surface area (Å²) in [6.45, 7) is 5.69. The van der Waals surface area contributed by atoms with E-state index in [1.807, 2.05) is 30.3 Å². The van der Waals surface area contributed by atoms with Crippen molar-refractivity contribution in [1.29, 1.82) is 0 Å². The minimum absolute atomic E-state index is 0.167. The molecule has 1 aromatic rings. The van der Waals surface area contributed by atoms with Gasteiger partial charge in [-0.25, -0.2) is 9.59 Å². The van der Waals surface area contributed by atoms with Crippen LogP contribution in [0.15, 0.2) is 30.3 Å². The zero-order valence-corrected chi connectivity index (χ0v) is 13.2. The van der Waals surface area contributed by atoms with Gasteiger partial charge in [0.2, 0.25) is 0 Å². The molecule has 0 aliphatic rings. The van der Waals surface area contributed by atoms with Crippen LogP contribution in [-0.4, -0.2) is 35.4 Å². The molecular formula is C16H23NO5. The van der Waals surface area contributed by atoms with Gasteiger partial charge in [0, 0.05) is 13.0 Å². The Labute approximate surface area is 130 Å². The highest BCUT2D eigenvalue weighted by Crippen LogP contribution is 2.13. The Kier molecular flexibility index (Phi) is 6.85. The summed E-state index contributed by atoms with van der Waals surface area (Å²) in [4.78, 5) is 22.6. The van der Waals surface area contributed by atoms with E-state index in [0.29, 0.717) is 0 Å². The molecule has 6 heteroatoms. The van der Waals surface area contributed by atoms with Gasteiger partial charge in [0.05, 0.1) is 5.60 Å². The van der Waals surface area contributed by atoms with Crippen molar-refractivity contribution in [2.75, 3.05) is 6.54 Å². The van der Waals surface area contributed by atoms with Gasteiger partial charge in [0.1, 0.15) is 6.61 Å². The Balaban J connectivity index is 2.29. The molecule has 0 aliphatic heterocycles. The average molecular weight is 309 g/mol. The number of hydrogen-bond donors (Lipinski definition) is 2. The first kappa shape index (κ1) is 18.0. The number of hydrogen-bond acceptors (Lipinski definition) is 4. The van der Waals surface area contributed by atoms with Crippen molar-refractivity contribution in [3.05, 3.63) is 35.9 Å². The highest BCUT2D eigenvalue weighted by molar-refractivity contribution is 5.72. The second-order valence-electron chi connectivity index (χ2n) is 5.83.